The number of amides is 1. The smallest absolute Gasteiger partial charge is 0.310 e. The van der Waals surface area contributed by atoms with Gasteiger partial charge in [-0.25, -0.2) is 9.50 Å². The lowest BCUT2D eigenvalue weighted by molar-refractivity contribution is -0.148. The Labute approximate surface area is 166 Å². The van der Waals surface area contributed by atoms with Gasteiger partial charge in [-0.05, 0) is 45.8 Å². The van der Waals surface area contributed by atoms with E-state index in [-0.39, 0.29) is 12.3 Å². The largest absolute Gasteiger partial charge is 0.455 e. The molecule has 0 aliphatic heterocycles. The number of esters is 1. The molecule has 3 rings (SSSR count). The summed E-state index contributed by atoms with van der Waals surface area (Å²) in [6, 6.07) is 2.14. The lowest BCUT2D eigenvalue weighted by Crippen LogP contribution is -2.48. The van der Waals surface area contributed by atoms with E-state index in [1.807, 2.05) is 13.2 Å². The number of nitrogens with zero attached hydrogens (tertiary/aromatic N) is 5. The Balaban J connectivity index is 1.63. The lowest BCUT2D eigenvalue weighted by Gasteiger charge is -2.22. The summed E-state index contributed by atoms with van der Waals surface area (Å²) < 4.78 is 6.71. The van der Waals surface area contributed by atoms with Crippen LogP contribution in [0.4, 0.5) is 0 Å². The molecule has 2 aromatic rings. The number of hydrogen-bond acceptors (Lipinski definition) is 8. The number of carbonyl (C=O) groups is 2. The average Bonchev–Trinajstić information content (AvgIpc) is 3.44. The second-order valence-electron chi connectivity index (χ2n) is 7.05. The van der Waals surface area contributed by atoms with Crippen LogP contribution < -0.4 is 5.32 Å². The second kappa shape index (κ2) is 7.75. The topological polar surface area (TPSA) is 122 Å². The Morgan fingerprint density at radius 3 is 2.71 bits per heavy atom. The first-order valence-electron chi connectivity index (χ1n) is 8.92. The van der Waals surface area contributed by atoms with Gasteiger partial charge in [0.15, 0.2) is 6.61 Å². The van der Waals surface area contributed by atoms with Crippen LogP contribution in [0.3, 0.4) is 0 Å². The molecule has 1 amide bonds. The maximum atomic E-state index is 12.3. The van der Waals surface area contributed by atoms with Gasteiger partial charge in [-0.1, -0.05) is 11.8 Å². The van der Waals surface area contributed by atoms with Gasteiger partial charge < -0.3 is 10.1 Å². The molecular formula is C18H22N6O3S. The van der Waals surface area contributed by atoms with E-state index in [0.717, 1.165) is 18.5 Å². The van der Waals surface area contributed by atoms with E-state index < -0.39 is 24.0 Å². The fourth-order valence-electron chi connectivity index (χ4n) is 3.08. The molecule has 0 spiro atoms. The second-order valence-corrected chi connectivity index (χ2v) is 7.82. The number of aromatic nitrogens is 4. The van der Waals surface area contributed by atoms with Crippen molar-refractivity contribution >= 4 is 29.4 Å². The van der Waals surface area contributed by atoms with Crippen LogP contribution >= 0.6 is 11.8 Å². The predicted octanol–water partition coefficient (Wildman–Crippen LogP) is 1.36. The van der Waals surface area contributed by atoms with E-state index in [2.05, 4.69) is 26.5 Å². The third-order valence-corrected chi connectivity index (χ3v) is 5.46. The zero-order valence-corrected chi connectivity index (χ0v) is 17.1. The normalized spacial score (nSPS) is 15.7. The molecule has 2 aromatic heterocycles. The number of hydrogen-bond donors (Lipinski definition) is 1. The van der Waals surface area contributed by atoms with E-state index in [9.17, 15) is 14.9 Å². The van der Waals surface area contributed by atoms with Gasteiger partial charge in [0.1, 0.15) is 5.54 Å². The molecule has 1 aliphatic carbocycles. The number of carbonyl (C=O) groups excluding carboxylic acids is 2. The Morgan fingerprint density at radius 1 is 1.39 bits per heavy atom. The zero-order chi connectivity index (χ0) is 20.5. The van der Waals surface area contributed by atoms with Crippen LogP contribution in [0.15, 0.2) is 5.16 Å². The van der Waals surface area contributed by atoms with E-state index in [0.29, 0.717) is 22.2 Å². The summed E-state index contributed by atoms with van der Waals surface area (Å²) in [6.07, 6.45) is 3.68. The van der Waals surface area contributed by atoms with Crippen LogP contribution in [0, 0.1) is 31.1 Å². The molecular weight excluding hydrogens is 380 g/mol. The molecule has 9 nitrogen and oxygen atoms in total. The van der Waals surface area contributed by atoms with E-state index in [1.165, 1.54) is 11.8 Å². The molecule has 10 heteroatoms. The summed E-state index contributed by atoms with van der Waals surface area (Å²) >= 11 is 1.41. The average molecular weight is 402 g/mol. The summed E-state index contributed by atoms with van der Waals surface area (Å²) in [6.45, 7) is 4.91. The van der Waals surface area contributed by atoms with Crippen molar-refractivity contribution in [2.75, 3.05) is 12.9 Å². The number of aryl methyl sites for hydroxylation is 2. The summed E-state index contributed by atoms with van der Waals surface area (Å²) in [5.41, 5.74) is 1.20. The van der Waals surface area contributed by atoms with Crippen molar-refractivity contribution in [2.45, 2.75) is 50.7 Å². The van der Waals surface area contributed by atoms with Gasteiger partial charge in [0.05, 0.1) is 12.5 Å². The van der Waals surface area contributed by atoms with Crippen molar-refractivity contribution < 1.29 is 14.3 Å². The molecule has 1 saturated carbocycles. The molecule has 0 saturated heterocycles. The molecule has 28 heavy (non-hydrogen) atoms. The molecule has 0 aromatic carbocycles. The Bertz CT molecular complexity index is 978. The van der Waals surface area contributed by atoms with Crippen molar-refractivity contribution in [1.29, 1.82) is 5.26 Å². The van der Waals surface area contributed by atoms with Crippen molar-refractivity contribution in [2.24, 2.45) is 5.92 Å². The standard InChI is InChI=1S/C18H22N6O3S/c1-10-13(11(2)24-16(20-10)21-17(23-24)28-4)7-15(26)27-8-14(25)22-18(3,9-19)12-5-6-12/h12H,5-8H2,1-4H3,(H,22,25)/t18-/m1/s1. The minimum absolute atomic E-state index is 0.0273. The van der Waals surface area contributed by atoms with Gasteiger partial charge >= 0.3 is 5.97 Å². The maximum absolute atomic E-state index is 12.3. The summed E-state index contributed by atoms with van der Waals surface area (Å²) in [5.74, 6) is -0.384. The first-order chi connectivity index (χ1) is 13.3. The molecule has 2 heterocycles. The highest BCUT2D eigenvalue weighted by molar-refractivity contribution is 7.98. The predicted molar refractivity (Wildman–Crippen MR) is 102 cm³/mol. The van der Waals surface area contributed by atoms with Gasteiger partial charge in [-0.3, -0.25) is 9.59 Å². The van der Waals surface area contributed by atoms with Crippen LogP contribution in [0.2, 0.25) is 0 Å². The lowest BCUT2D eigenvalue weighted by atomic mass is 9.98. The summed E-state index contributed by atoms with van der Waals surface area (Å²) in [5, 5.41) is 16.9. The number of rotatable bonds is 7. The van der Waals surface area contributed by atoms with Gasteiger partial charge in [-0.15, -0.1) is 5.10 Å². The Hall–Kier alpha value is -2.67. The van der Waals surface area contributed by atoms with Crippen LogP contribution in [-0.4, -0.2) is 49.9 Å². The van der Waals surface area contributed by atoms with Gasteiger partial charge in [0, 0.05) is 17.0 Å². The van der Waals surface area contributed by atoms with Crippen LogP contribution in [-0.2, 0) is 20.7 Å². The Kier molecular flexibility index (Phi) is 5.56. The highest BCUT2D eigenvalue weighted by Gasteiger charge is 2.43. The highest BCUT2D eigenvalue weighted by Crippen LogP contribution is 2.39. The molecule has 148 valence electrons. The van der Waals surface area contributed by atoms with Crippen LogP contribution in [0.5, 0.6) is 0 Å². The molecule has 1 atom stereocenters. The number of thioether (sulfide) groups is 1. The van der Waals surface area contributed by atoms with Crippen LogP contribution in [0.1, 0.15) is 36.7 Å². The van der Waals surface area contributed by atoms with E-state index in [1.54, 1.807) is 18.4 Å². The summed E-state index contributed by atoms with van der Waals surface area (Å²) in [7, 11) is 0. The van der Waals surface area contributed by atoms with Crippen molar-refractivity contribution in [3.8, 4) is 6.07 Å². The monoisotopic (exact) mass is 402 g/mol. The van der Waals surface area contributed by atoms with Crippen LogP contribution in [0.25, 0.3) is 5.78 Å². The maximum Gasteiger partial charge on any atom is 0.310 e. The molecule has 0 bridgehead atoms. The van der Waals surface area contributed by atoms with E-state index in [4.69, 9.17) is 4.74 Å². The molecule has 1 aliphatic rings. The molecule has 1 fully saturated rings. The fraction of sp³-hybridized carbons (Fsp3) is 0.556. The third kappa shape index (κ3) is 4.09. The molecule has 0 unspecified atom stereocenters. The number of fused-ring (bicyclic) bond motifs is 1. The molecule has 1 N–H and O–H groups in total. The minimum atomic E-state index is -0.909. The number of nitrogens with one attached hydrogen (secondary N) is 1. The van der Waals surface area contributed by atoms with Gasteiger partial charge in [0.2, 0.25) is 5.16 Å². The van der Waals surface area contributed by atoms with E-state index >= 15 is 0 Å². The fourth-order valence-corrected chi connectivity index (χ4v) is 3.42. The van der Waals surface area contributed by atoms with Gasteiger partial charge in [-0.2, -0.15) is 10.2 Å². The SMILES string of the molecule is CSc1nc2nc(C)c(CC(=O)OCC(=O)N[C@](C)(C#N)C3CC3)c(C)n2n1. The third-order valence-electron chi connectivity index (χ3n) is 4.92. The number of nitriles is 1. The van der Waals surface area contributed by atoms with Crippen molar-refractivity contribution in [3.05, 3.63) is 17.0 Å². The first kappa shape index (κ1) is 20.1. The first-order valence-corrected chi connectivity index (χ1v) is 10.1. The Morgan fingerprint density at radius 2 is 2.11 bits per heavy atom. The quantitative estimate of drug-likeness (QED) is 0.544. The molecule has 0 radical (unpaired) electrons. The van der Waals surface area contributed by atoms with Crippen molar-refractivity contribution in [1.82, 2.24) is 24.9 Å². The van der Waals surface area contributed by atoms with Gasteiger partial charge in [0.25, 0.3) is 11.7 Å². The highest BCUT2D eigenvalue weighted by atomic mass is 32.2. The van der Waals surface area contributed by atoms with Crippen molar-refractivity contribution in [3.63, 3.8) is 0 Å². The number of ether oxygens (including phenoxy) is 1. The summed E-state index contributed by atoms with van der Waals surface area (Å²) in [4.78, 5) is 33.0. The zero-order valence-electron chi connectivity index (χ0n) is 16.3. The minimum Gasteiger partial charge on any atom is -0.455 e.